The van der Waals surface area contributed by atoms with E-state index in [0.29, 0.717) is 11.3 Å². The lowest BCUT2D eigenvalue weighted by Crippen LogP contribution is -2.37. The molecule has 2 unspecified atom stereocenters. The second-order valence-electron chi connectivity index (χ2n) is 4.04. The van der Waals surface area contributed by atoms with Gasteiger partial charge in [-0.3, -0.25) is 0 Å². The van der Waals surface area contributed by atoms with E-state index in [1.165, 1.54) is 10.5 Å². The summed E-state index contributed by atoms with van der Waals surface area (Å²) >= 11 is 1.97. The van der Waals surface area contributed by atoms with Gasteiger partial charge in [0.1, 0.15) is 0 Å². The first-order valence-electron chi connectivity index (χ1n) is 5.76. The lowest BCUT2D eigenvalue weighted by molar-refractivity contribution is 0.519. The first-order valence-corrected chi connectivity index (χ1v) is 6.64. The molecule has 0 aromatic heterocycles. The van der Waals surface area contributed by atoms with Crippen molar-refractivity contribution < 1.29 is 0 Å². The average Bonchev–Trinajstić information content (AvgIpc) is 2.72. The number of hydrogen-bond donors (Lipinski definition) is 1. The van der Waals surface area contributed by atoms with Crippen LogP contribution in [0, 0.1) is 12.3 Å². The lowest BCUT2D eigenvalue weighted by atomic mass is 10.0. The van der Waals surface area contributed by atoms with Gasteiger partial charge in [-0.15, -0.1) is 24.1 Å². The van der Waals surface area contributed by atoms with E-state index in [9.17, 15) is 0 Å². The van der Waals surface area contributed by atoms with Crippen molar-refractivity contribution in [1.29, 1.82) is 0 Å². The van der Waals surface area contributed by atoms with Crippen LogP contribution in [0.1, 0.15) is 18.9 Å². The molecular formula is C14H17NS. The van der Waals surface area contributed by atoms with Gasteiger partial charge in [-0.1, -0.05) is 25.1 Å². The fraction of sp³-hybridized carbons (Fsp3) is 0.429. The van der Waals surface area contributed by atoms with Gasteiger partial charge in [-0.25, -0.2) is 0 Å². The number of rotatable bonds is 4. The summed E-state index contributed by atoms with van der Waals surface area (Å²) in [6.45, 7) is 3.12. The Bertz CT molecular complexity index is 369. The van der Waals surface area contributed by atoms with Gasteiger partial charge in [-0.05, 0) is 24.6 Å². The first kappa shape index (κ1) is 11.6. The molecule has 2 heteroatoms. The van der Waals surface area contributed by atoms with Crippen molar-refractivity contribution in [2.75, 3.05) is 6.54 Å². The highest BCUT2D eigenvalue weighted by molar-refractivity contribution is 8.00. The van der Waals surface area contributed by atoms with Crippen LogP contribution in [0.4, 0.5) is 0 Å². The minimum atomic E-state index is 0.437. The number of thioether (sulfide) groups is 1. The number of benzene rings is 1. The second-order valence-corrected chi connectivity index (χ2v) is 5.32. The van der Waals surface area contributed by atoms with Crippen LogP contribution in [0.2, 0.25) is 0 Å². The molecular weight excluding hydrogens is 214 g/mol. The maximum atomic E-state index is 5.43. The Labute approximate surface area is 102 Å². The third-order valence-electron chi connectivity index (χ3n) is 2.92. The zero-order chi connectivity index (χ0) is 11.4. The van der Waals surface area contributed by atoms with Crippen molar-refractivity contribution in [3.63, 3.8) is 0 Å². The summed E-state index contributed by atoms with van der Waals surface area (Å²) in [6, 6.07) is 9.09. The predicted molar refractivity (Wildman–Crippen MR) is 70.7 cm³/mol. The minimum Gasteiger partial charge on any atom is -0.312 e. The SMILES string of the molecule is C#CCC(NCC)C1Cc2ccccc2S1. The summed E-state index contributed by atoms with van der Waals surface area (Å²) in [5.74, 6) is 2.78. The lowest BCUT2D eigenvalue weighted by Gasteiger charge is -2.21. The molecule has 0 fully saturated rings. The maximum absolute atomic E-state index is 5.43. The molecule has 0 spiro atoms. The van der Waals surface area contributed by atoms with E-state index >= 15 is 0 Å². The zero-order valence-corrected chi connectivity index (χ0v) is 10.4. The molecule has 0 amide bonds. The number of terminal acetylenes is 1. The molecule has 1 nitrogen and oxygen atoms in total. The molecule has 2 atom stereocenters. The number of nitrogens with one attached hydrogen (secondary N) is 1. The third kappa shape index (κ3) is 2.42. The monoisotopic (exact) mass is 231 g/mol. The van der Waals surface area contributed by atoms with Crippen LogP contribution in [-0.4, -0.2) is 17.8 Å². The zero-order valence-electron chi connectivity index (χ0n) is 9.57. The van der Waals surface area contributed by atoms with E-state index in [1.54, 1.807) is 0 Å². The Hall–Kier alpha value is -0.910. The highest BCUT2D eigenvalue weighted by atomic mass is 32.2. The van der Waals surface area contributed by atoms with E-state index < -0.39 is 0 Å². The van der Waals surface area contributed by atoms with Crippen LogP contribution >= 0.6 is 11.8 Å². The van der Waals surface area contributed by atoms with Gasteiger partial charge >= 0.3 is 0 Å². The fourth-order valence-corrected chi connectivity index (χ4v) is 3.56. The summed E-state index contributed by atoms with van der Waals surface area (Å²) in [7, 11) is 0. The molecule has 0 saturated carbocycles. The van der Waals surface area contributed by atoms with E-state index in [0.717, 1.165) is 19.4 Å². The van der Waals surface area contributed by atoms with Crippen molar-refractivity contribution in [3.8, 4) is 12.3 Å². The highest BCUT2D eigenvalue weighted by Crippen LogP contribution is 2.38. The standard InChI is InChI=1S/C14H17NS/c1-3-7-12(15-4-2)14-10-11-8-5-6-9-13(11)16-14/h1,5-6,8-9,12,14-15H,4,7,10H2,2H3. The molecule has 0 bridgehead atoms. The Morgan fingerprint density at radius 1 is 1.56 bits per heavy atom. The smallest absolute Gasteiger partial charge is 0.0302 e. The topological polar surface area (TPSA) is 12.0 Å². The first-order chi connectivity index (χ1) is 7.85. The van der Waals surface area contributed by atoms with Crippen molar-refractivity contribution in [2.45, 2.75) is 36.0 Å². The Kier molecular flexibility index (Phi) is 3.93. The van der Waals surface area contributed by atoms with Gasteiger partial charge in [0, 0.05) is 22.6 Å². The molecule has 0 radical (unpaired) electrons. The Balaban J connectivity index is 2.06. The average molecular weight is 231 g/mol. The summed E-state index contributed by atoms with van der Waals surface area (Å²) < 4.78 is 0. The molecule has 1 aromatic rings. The van der Waals surface area contributed by atoms with Crippen LogP contribution in [0.25, 0.3) is 0 Å². The van der Waals surface area contributed by atoms with Gasteiger partial charge in [0.15, 0.2) is 0 Å². The third-order valence-corrected chi connectivity index (χ3v) is 4.38. The van der Waals surface area contributed by atoms with Crippen LogP contribution in [0.3, 0.4) is 0 Å². The minimum absolute atomic E-state index is 0.437. The summed E-state index contributed by atoms with van der Waals surface area (Å²) in [6.07, 6.45) is 7.39. The van der Waals surface area contributed by atoms with E-state index in [2.05, 4.69) is 42.4 Å². The fourth-order valence-electron chi connectivity index (χ4n) is 2.16. The largest absolute Gasteiger partial charge is 0.312 e. The van der Waals surface area contributed by atoms with Crippen molar-refractivity contribution >= 4 is 11.8 Å². The van der Waals surface area contributed by atoms with Gasteiger partial charge in [0.25, 0.3) is 0 Å². The molecule has 1 N–H and O–H groups in total. The summed E-state index contributed by atoms with van der Waals surface area (Å²) in [4.78, 5) is 1.42. The maximum Gasteiger partial charge on any atom is 0.0302 e. The van der Waals surface area contributed by atoms with Crippen LogP contribution in [0.15, 0.2) is 29.2 Å². The van der Waals surface area contributed by atoms with Gasteiger partial charge < -0.3 is 5.32 Å². The van der Waals surface area contributed by atoms with Crippen molar-refractivity contribution in [1.82, 2.24) is 5.32 Å². The van der Waals surface area contributed by atoms with E-state index in [-0.39, 0.29) is 0 Å². The van der Waals surface area contributed by atoms with Crippen molar-refractivity contribution in [3.05, 3.63) is 29.8 Å². The number of fused-ring (bicyclic) bond motifs is 1. The molecule has 84 valence electrons. The highest BCUT2D eigenvalue weighted by Gasteiger charge is 2.28. The summed E-state index contributed by atoms with van der Waals surface area (Å²) in [5, 5.41) is 4.09. The molecule has 1 aliphatic heterocycles. The van der Waals surface area contributed by atoms with E-state index in [1.807, 2.05) is 11.8 Å². The predicted octanol–water partition coefficient (Wildman–Crippen LogP) is 2.70. The van der Waals surface area contributed by atoms with Gasteiger partial charge in [-0.2, -0.15) is 0 Å². The van der Waals surface area contributed by atoms with Crippen LogP contribution in [-0.2, 0) is 6.42 Å². The molecule has 1 aliphatic rings. The van der Waals surface area contributed by atoms with E-state index in [4.69, 9.17) is 6.42 Å². The normalized spacial score (nSPS) is 20.1. The Morgan fingerprint density at radius 3 is 3.06 bits per heavy atom. The quantitative estimate of drug-likeness (QED) is 0.800. The van der Waals surface area contributed by atoms with Crippen molar-refractivity contribution in [2.24, 2.45) is 0 Å². The molecule has 2 rings (SSSR count). The molecule has 1 heterocycles. The van der Waals surface area contributed by atoms with Crippen LogP contribution < -0.4 is 5.32 Å². The molecule has 1 aromatic carbocycles. The molecule has 16 heavy (non-hydrogen) atoms. The molecule has 0 aliphatic carbocycles. The molecule has 0 saturated heterocycles. The number of hydrogen-bond acceptors (Lipinski definition) is 2. The van der Waals surface area contributed by atoms with Crippen LogP contribution in [0.5, 0.6) is 0 Å². The van der Waals surface area contributed by atoms with Gasteiger partial charge in [0.2, 0.25) is 0 Å². The Morgan fingerprint density at radius 2 is 2.38 bits per heavy atom. The summed E-state index contributed by atoms with van der Waals surface area (Å²) in [5.41, 5.74) is 1.47. The van der Waals surface area contributed by atoms with Gasteiger partial charge in [0.05, 0.1) is 0 Å². The second kappa shape index (κ2) is 5.43.